The molecule has 7 nitrogen and oxygen atoms in total. The van der Waals surface area contributed by atoms with Crippen LogP contribution in [-0.4, -0.2) is 57.6 Å². The summed E-state index contributed by atoms with van der Waals surface area (Å²) >= 11 is 0. The van der Waals surface area contributed by atoms with Crippen LogP contribution >= 0.6 is 24.0 Å². The molecule has 2 unspecified atom stereocenters. The number of nitrogens with one attached hydrogen (secondary N) is 2. The van der Waals surface area contributed by atoms with Crippen molar-refractivity contribution < 1.29 is 19.3 Å². The quantitative estimate of drug-likeness (QED) is 0.222. The monoisotopic (exact) mass is 523 g/mol. The number of hydrogen-bond donors (Lipinski definition) is 3. The maximum atomic E-state index is 10.5. The Morgan fingerprint density at radius 1 is 1.07 bits per heavy atom. The molecule has 0 bridgehead atoms. The number of benzene rings is 1. The fourth-order valence-corrected chi connectivity index (χ4v) is 2.80. The number of aliphatic hydroxyl groups excluding tert-OH is 1. The summed E-state index contributed by atoms with van der Waals surface area (Å²) in [6, 6.07) is 5.35. The first-order valence-corrected chi connectivity index (χ1v) is 9.99. The van der Waals surface area contributed by atoms with Gasteiger partial charge in [0, 0.05) is 25.8 Å². The SMILES string of the molecule is CCNC(=NCC(O)c1cc(OC)cc(OC)c1)NCCC(OCC)C(C)C.I. The molecule has 1 aromatic rings. The molecule has 0 aliphatic heterocycles. The van der Waals surface area contributed by atoms with E-state index in [9.17, 15) is 5.11 Å². The van der Waals surface area contributed by atoms with Crippen LogP contribution in [0.4, 0.5) is 0 Å². The molecule has 2 atom stereocenters. The molecule has 0 aliphatic carbocycles. The Morgan fingerprint density at radius 2 is 1.69 bits per heavy atom. The highest BCUT2D eigenvalue weighted by Gasteiger charge is 2.14. The van der Waals surface area contributed by atoms with Crippen LogP contribution in [0.3, 0.4) is 0 Å². The van der Waals surface area contributed by atoms with Crippen LogP contribution in [0.2, 0.25) is 0 Å². The molecule has 1 aromatic carbocycles. The van der Waals surface area contributed by atoms with E-state index in [4.69, 9.17) is 14.2 Å². The van der Waals surface area contributed by atoms with Gasteiger partial charge in [0.05, 0.1) is 33.0 Å². The van der Waals surface area contributed by atoms with E-state index >= 15 is 0 Å². The third kappa shape index (κ3) is 10.4. The number of methoxy groups -OCH3 is 2. The smallest absolute Gasteiger partial charge is 0.191 e. The number of ether oxygens (including phenoxy) is 3. The maximum absolute atomic E-state index is 10.5. The lowest BCUT2D eigenvalue weighted by molar-refractivity contribution is 0.0258. The Hall–Kier alpha value is -1.26. The summed E-state index contributed by atoms with van der Waals surface area (Å²) in [6.45, 7) is 10.8. The molecular formula is C21H38IN3O4. The summed E-state index contributed by atoms with van der Waals surface area (Å²) in [6.07, 6.45) is 0.354. The summed E-state index contributed by atoms with van der Waals surface area (Å²) in [5.41, 5.74) is 0.701. The van der Waals surface area contributed by atoms with Crippen LogP contribution in [0, 0.1) is 5.92 Å². The summed E-state index contributed by atoms with van der Waals surface area (Å²) < 4.78 is 16.3. The van der Waals surface area contributed by atoms with E-state index in [0.717, 1.165) is 19.5 Å². The van der Waals surface area contributed by atoms with Crippen molar-refractivity contribution >= 4 is 29.9 Å². The second-order valence-electron chi connectivity index (χ2n) is 6.83. The van der Waals surface area contributed by atoms with Crippen molar-refractivity contribution in [2.24, 2.45) is 10.9 Å². The van der Waals surface area contributed by atoms with Gasteiger partial charge >= 0.3 is 0 Å². The fourth-order valence-electron chi connectivity index (χ4n) is 2.80. The van der Waals surface area contributed by atoms with Crippen molar-refractivity contribution in [3.05, 3.63) is 23.8 Å². The van der Waals surface area contributed by atoms with Gasteiger partial charge in [0.1, 0.15) is 11.5 Å². The lowest BCUT2D eigenvalue weighted by Gasteiger charge is -2.21. The zero-order valence-corrected chi connectivity index (χ0v) is 20.9. The van der Waals surface area contributed by atoms with Gasteiger partial charge in [-0.25, -0.2) is 0 Å². The van der Waals surface area contributed by atoms with Crippen molar-refractivity contribution in [2.45, 2.75) is 46.3 Å². The zero-order chi connectivity index (χ0) is 20.9. The summed E-state index contributed by atoms with van der Waals surface area (Å²) in [7, 11) is 3.17. The van der Waals surface area contributed by atoms with Crippen LogP contribution < -0.4 is 20.1 Å². The highest BCUT2D eigenvalue weighted by molar-refractivity contribution is 14.0. The van der Waals surface area contributed by atoms with Gasteiger partial charge in [0.15, 0.2) is 5.96 Å². The second-order valence-corrected chi connectivity index (χ2v) is 6.83. The Bertz CT molecular complexity index is 577. The molecule has 0 saturated heterocycles. The first-order valence-electron chi connectivity index (χ1n) is 9.99. The van der Waals surface area contributed by atoms with Gasteiger partial charge in [-0.05, 0) is 43.9 Å². The number of aliphatic hydroxyl groups is 1. The molecule has 29 heavy (non-hydrogen) atoms. The summed E-state index contributed by atoms with van der Waals surface area (Å²) in [4.78, 5) is 4.51. The van der Waals surface area contributed by atoms with E-state index in [1.807, 2.05) is 13.8 Å². The molecule has 1 rings (SSSR count). The molecule has 168 valence electrons. The summed E-state index contributed by atoms with van der Waals surface area (Å²) in [5, 5.41) is 17.1. The second kappa shape index (κ2) is 15.6. The van der Waals surface area contributed by atoms with Crippen molar-refractivity contribution in [1.82, 2.24) is 10.6 Å². The van der Waals surface area contributed by atoms with E-state index in [1.54, 1.807) is 32.4 Å². The lowest BCUT2D eigenvalue weighted by Crippen LogP contribution is -2.39. The van der Waals surface area contributed by atoms with Crippen LogP contribution in [0.25, 0.3) is 0 Å². The minimum absolute atomic E-state index is 0. The first-order chi connectivity index (χ1) is 13.4. The number of rotatable bonds is 12. The average molecular weight is 523 g/mol. The Balaban J connectivity index is 0.00000784. The zero-order valence-electron chi connectivity index (χ0n) is 18.5. The van der Waals surface area contributed by atoms with E-state index < -0.39 is 6.10 Å². The van der Waals surface area contributed by atoms with Crippen LogP contribution in [0.15, 0.2) is 23.2 Å². The predicted molar refractivity (Wildman–Crippen MR) is 129 cm³/mol. The average Bonchev–Trinajstić information content (AvgIpc) is 2.70. The molecule has 0 aromatic heterocycles. The molecule has 0 aliphatic rings. The Labute approximate surface area is 192 Å². The van der Waals surface area contributed by atoms with E-state index in [-0.39, 0.29) is 36.6 Å². The van der Waals surface area contributed by atoms with Gasteiger partial charge in [-0.3, -0.25) is 4.99 Å². The molecule has 8 heteroatoms. The van der Waals surface area contributed by atoms with Crippen molar-refractivity contribution in [3.63, 3.8) is 0 Å². The number of aliphatic imine (C=N–C) groups is 1. The van der Waals surface area contributed by atoms with Crippen molar-refractivity contribution in [2.75, 3.05) is 40.5 Å². The third-order valence-electron chi connectivity index (χ3n) is 4.37. The van der Waals surface area contributed by atoms with E-state index in [2.05, 4.69) is 29.5 Å². The number of guanidine groups is 1. The minimum Gasteiger partial charge on any atom is -0.497 e. The number of halogens is 1. The maximum Gasteiger partial charge on any atom is 0.191 e. The number of hydrogen-bond acceptors (Lipinski definition) is 5. The van der Waals surface area contributed by atoms with Crippen LogP contribution in [0.5, 0.6) is 11.5 Å². The summed E-state index contributed by atoms with van der Waals surface area (Å²) in [5.74, 6) is 2.41. The van der Waals surface area contributed by atoms with Gasteiger partial charge in [-0.2, -0.15) is 0 Å². The molecule has 0 fully saturated rings. The van der Waals surface area contributed by atoms with Gasteiger partial charge in [-0.1, -0.05) is 13.8 Å². The van der Waals surface area contributed by atoms with Gasteiger partial charge in [0.25, 0.3) is 0 Å². The molecular weight excluding hydrogens is 485 g/mol. The van der Waals surface area contributed by atoms with Crippen molar-refractivity contribution in [1.29, 1.82) is 0 Å². The highest BCUT2D eigenvalue weighted by Crippen LogP contribution is 2.26. The molecule has 0 heterocycles. The van der Waals surface area contributed by atoms with Crippen LogP contribution in [0.1, 0.15) is 45.8 Å². The molecule has 3 N–H and O–H groups in total. The first kappa shape index (κ1) is 27.7. The lowest BCUT2D eigenvalue weighted by atomic mass is 10.0. The normalized spacial score (nSPS) is 13.4. The van der Waals surface area contributed by atoms with Crippen molar-refractivity contribution in [3.8, 4) is 11.5 Å². The molecule has 0 saturated carbocycles. The molecule has 0 radical (unpaired) electrons. The minimum atomic E-state index is -0.758. The van der Waals surface area contributed by atoms with Gasteiger partial charge < -0.3 is 30.0 Å². The third-order valence-corrected chi connectivity index (χ3v) is 4.37. The number of nitrogens with zero attached hydrogens (tertiary/aromatic N) is 1. The topological polar surface area (TPSA) is 84.3 Å². The van der Waals surface area contributed by atoms with E-state index in [0.29, 0.717) is 35.5 Å². The van der Waals surface area contributed by atoms with Gasteiger partial charge in [-0.15, -0.1) is 24.0 Å². The predicted octanol–water partition coefficient (Wildman–Crippen LogP) is 3.36. The largest absolute Gasteiger partial charge is 0.497 e. The molecule has 0 spiro atoms. The molecule has 0 amide bonds. The highest BCUT2D eigenvalue weighted by atomic mass is 127. The Kier molecular flexibility index (Phi) is 14.9. The Morgan fingerprint density at radius 3 is 2.17 bits per heavy atom. The standard InChI is InChI=1S/C21H37N3O4.HI/c1-7-22-21(23-10-9-20(15(3)4)28-8-2)24-14-19(25)16-11-17(26-5)13-18(12-16)27-6;/h11-13,15,19-20,25H,7-10,14H2,1-6H3,(H2,22,23,24);1H. The van der Waals surface area contributed by atoms with Gasteiger partial charge in [0.2, 0.25) is 0 Å². The van der Waals surface area contributed by atoms with E-state index in [1.165, 1.54) is 0 Å². The van der Waals surface area contributed by atoms with Crippen LogP contribution in [-0.2, 0) is 4.74 Å². The fraction of sp³-hybridized carbons (Fsp3) is 0.667.